The van der Waals surface area contributed by atoms with Gasteiger partial charge in [-0.15, -0.1) is 0 Å². The molecule has 0 aliphatic carbocycles. The monoisotopic (exact) mass is 395 g/mol. The molecular weight excluding hydrogens is 377 g/mol. The number of esters is 1. The molecule has 26 heavy (non-hydrogen) atoms. The Balaban J connectivity index is 1.95. The lowest BCUT2D eigenvalue weighted by Crippen LogP contribution is -2.27. The Morgan fingerprint density at radius 1 is 1.04 bits per heavy atom. The zero-order valence-corrected chi connectivity index (χ0v) is 16.1. The van der Waals surface area contributed by atoms with Crippen molar-refractivity contribution >= 4 is 40.8 Å². The predicted octanol–water partition coefficient (Wildman–Crippen LogP) is 4.97. The standard InChI is InChI=1S/C19H19Cl2NO4/c1-19(2,3)26-17(23)11-25-14-7-4-12(5-8-14)18(24)22-16-10-13(20)6-9-15(16)21/h4-10H,11H2,1-3H3,(H,22,24). The summed E-state index contributed by atoms with van der Waals surface area (Å²) in [6.07, 6.45) is 0. The average Bonchev–Trinajstić information content (AvgIpc) is 2.55. The molecule has 0 radical (unpaired) electrons. The second-order valence-corrected chi connectivity index (χ2v) is 7.32. The number of rotatable bonds is 5. The molecule has 0 atom stereocenters. The Labute approximate surface area is 162 Å². The summed E-state index contributed by atoms with van der Waals surface area (Å²) in [5, 5.41) is 3.55. The Morgan fingerprint density at radius 2 is 1.69 bits per heavy atom. The maximum Gasteiger partial charge on any atom is 0.344 e. The van der Waals surface area contributed by atoms with Gasteiger partial charge in [0.1, 0.15) is 11.4 Å². The normalized spacial score (nSPS) is 11.0. The van der Waals surface area contributed by atoms with E-state index >= 15 is 0 Å². The quantitative estimate of drug-likeness (QED) is 0.725. The molecule has 0 aliphatic heterocycles. The van der Waals surface area contributed by atoms with Crippen LogP contribution in [0.5, 0.6) is 5.75 Å². The third-order valence-electron chi connectivity index (χ3n) is 3.07. The van der Waals surface area contributed by atoms with Crippen LogP contribution in [0, 0.1) is 0 Å². The molecule has 138 valence electrons. The number of anilines is 1. The fourth-order valence-corrected chi connectivity index (χ4v) is 2.34. The molecule has 0 heterocycles. The smallest absolute Gasteiger partial charge is 0.344 e. The molecule has 2 rings (SSSR count). The maximum atomic E-state index is 12.3. The highest BCUT2D eigenvalue weighted by molar-refractivity contribution is 6.35. The zero-order valence-electron chi connectivity index (χ0n) is 14.6. The molecule has 0 spiro atoms. The second kappa shape index (κ2) is 8.43. The van der Waals surface area contributed by atoms with Crippen molar-refractivity contribution in [2.75, 3.05) is 11.9 Å². The van der Waals surface area contributed by atoms with E-state index in [1.807, 2.05) is 0 Å². The Hall–Kier alpha value is -2.24. The number of ether oxygens (including phenoxy) is 2. The van der Waals surface area contributed by atoms with Crippen molar-refractivity contribution < 1.29 is 19.1 Å². The van der Waals surface area contributed by atoms with Crippen molar-refractivity contribution in [2.45, 2.75) is 26.4 Å². The molecule has 0 saturated heterocycles. The average molecular weight is 396 g/mol. The van der Waals surface area contributed by atoms with Gasteiger partial charge in [0, 0.05) is 10.6 Å². The van der Waals surface area contributed by atoms with Crippen LogP contribution in [0.25, 0.3) is 0 Å². The van der Waals surface area contributed by atoms with Crippen molar-refractivity contribution in [1.82, 2.24) is 0 Å². The van der Waals surface area contributed by atoms with Gasteiger partial charge in [-0.25, -0.2) is 4.79 Å². The van der Waals surface area contributed by atoms with Crippen LogP contribution in [0.15, 0.2) is 42.5 Å². The first-order valence-corrected chi connectivity index (χ1v) is 8.61. The van der Waals surface area contributed by atoms with E-state index in [1.54, 1.807) is 63.2 Å². The molecule has 0 fully saturated rings. The van der Waals surface area contributed by atoms with Crippen LogP contribution in [0.3, 0.4) is 0 Å². The second-order valence-electron chi connectivity index (χ2n) is 6.48. The number of halogens is 2. The largest absolute Gasteiger partial charge is 0.482 e. The van der Waals surface area contributed by atoms with E-state index < -0.39 is 11.6 Å². The third kappa shape index (κ3) is 6.24. The fourth-order valence-electron chi connectivity index (χ4n) is 2.00. The van der Waals surface area contributed by atoms with Gasteiger partial charge in [-0.05, 0) is 63.2 Å². The van der Waals surface area contributed by atoms with Crippen molar-refractivity contribution in [2.24, 2.45) is 0 Å². The Bertz CT molecular complexity index is 798. The minimum absolute atomic E-state index is 0.207. The van der Waals surface area contributed by atoms with Gasteiger partial charge in [-0.2, -0.15) is 0 Å². The topological polar surface area (TPSA) is 64.6 Å². The summed E-state index contributed by atoms with van der Waals surface area (Å²) in [5.74, 6) is -0.351. The van der Waals surface area contributed by atoms with Gasteiger partial charge in [-0.1, -0.05) is 23.2 Å². The molecule has 1 amide bonds. The molecule has 2 aromatic carbocycles. The molecule has 0 bridgehead atoms. The third-order valence-corrected chi connectivity index (χ3v) is 3.63. The molecule has 0 aliphatic rings. The predicted molar refractivity (Wildman–Crippen MR) is 102 cm³/mol. The number of nitrogens with one attached hydrogen (secondary N) is 1. The van der Waals surface area contributed by atoms with Crippen LogP contribution < -0.4 is 10.1 Å². The summed E-state index contributed by atoms with van der Waals surface area (Å²) >= 11 is 11.9. The molecule has 5 nitrogen and oxygen atoms in total. The number of amides is 1. The van der Waals surface area contributed by atoms with Crippen molar-refractivity contribution in [1.29, 1.82) is 0 Å². The molecule has 0 unspecified atom stereocenters. The summed E-state index contributed by atoms with van der Waals surface area (Å²) in [6.45, 7) is 5.14. The van der Waals surface area contributed by atoms with Crippen LogP contribution in [0.4, 0.5) is 5.69 Å². The fraction of sp³-hybridized carbons (Fsp3) is 0.263. The van der Waals surface area contributed by atoms with Gasteiger partial charge >= 0.3 is 5.97 Å². The molecule has 1 N–H and O–H groups in total. The van der Waals surface area contributed by atoms with Crippen molar-refractivity contribution in [3.63, 3.8) is 0 Å². The van der Waals surface area contributed by atoms with Gasteiger partial charge in [-0.3, -0.25) is 4.79 Å². The van der Waals surface area contributed by atoms with Crippen LogP contribution in [-0.2, 0) is 9.53 Å². The molecule has 2 aromatic rings. The number of hydrogen-bond acceptors (Lipinski definition) is 4. The van der Waals surface area contributed by atoms with Gasteiger partial charge in [0.25, 0.3) is 5.91 Å². The summed E-state index contributed by atoms with van der Waals surface area (Å²) in [6, 6.07) is 11.2. The number of hydrogen-bond donors (Lipinski definition) is 1. The summed E-state index contributed by atoms with van der Waals surface area (Å²) in [7, 11) is 0. The summed E-state index contributed by atoms with van der Waals surface area (Å²) < 4.78 is 10.5. The van der Waals surface area contributed by atoms with Crippen molar-refractivity contribution in [3.05, 3.63) is 58.1 Å². The first-order valence-electron chi connectivity index (χ1n) is 7.85. The molecule has 7 heteroatoms. The van der Waals surface area contributed by atoms with Crippen LogP contribution in [0.1, 0.15) is 31.1 Å². The first-order chi connectivity index (χ1) is 12.1. The molecule has 0 aromatic heterocycles. The zero-order chi connectivity index (χ0) is 19.3. The molecular formula is C19H19Cl2NO4. The number of carbonyl (C=O) groups is 2. The summed E-state index contributed by atoms with van der Waals surface area (Å²) in [4.78, 5) is 23.9. The minimum atomic E-state index is -0.565. The number of benzene rings is 2. The highest BCUT2D eigenvalue weighted by Crippen LogP contribution is 2.26. The highest BCUT2D eigenvalue weighted by atomic mass is 35.5. The lowest BCUT2D eigenvalue weighted by Gasteiger charge is -2.19. The van der Waals surface area contributed by atoms with E-state index in [9.17, 15) is 9.59 Å². The minimum Gasteiger partial charge on any atom is -0.482 e. The lowest BCUT2D eigenvalue weighted by atomic mass is 10.2. The Kier molecular flexibility index (Phi) is 6.51. The highest BCUT2D eigenvalue weighted by Gasteiger charge is 2.16. The van der Waals surface area contributed by atoms with Crippen LogP contribution in [0.2, 0.25) is 10.0 Å². The Morgan fingerprint density at radius 3 is 2.31 bits per heavy atom. The van der Waals surface area contributed by atoms with Gasteiger partial charge < -0.3 is 14.8 Å². The van der Waals surface area contributed by atoms with Crippen LogP contribution >= 0.6 is 23.2 Å². The first kappa shape index (κ1) is 20.1. The van der Waals surface area contributed by atoms with Crippen molar-refractivity contribution in [3.8, 4) is 5.75 Å². The number of carbonyl (C=O) groups excluding carboxylic acids is 2. The van der Waals surface area contributed by atoms with E-state index in [4.69, 9.17) is 32.7 Å². The van der Waals surface area contributed by atoms with Crippen LogP contribution in [-0.4, -0.2) is 24.1 Å². The van der Waals surface area contributed by atoms with Gasteiger partial charge in [0.15, 0.2) is 6.61 Å². The van der Waals surface area contributed by atoms with E-state index in [0.29, 0.717) is 27.0 Å². The van der Waals surface area contributed by atoms with E-state index in [-0.39, 0.29) is 12.5 Å². The molecule has 0 saturated carbocycles. The maximum absolute atomic E-state index is 12.3. The SMILES string of the molecule is CC(C)(C)OC(=O)COc1ccc(C(=O)Nc2cc(Cl)ccc2Cl)cc1. The van der Waals surface area contributed by atoms with E-state index in [2.05, 4.69) is 5.32 Å². The lowest BCUT2D eigenvalue weighted by molar-refractivity contribution is -0.157. The summed E-state index contributed by atoms with van der Waals surface area (Å²) in [5.41, 5.74) is 0.268. The van der Waals surface area contributed by atoms with Gasteiger partial charge in [0.05, 0.1) is 10.7 Å². The van der Waals surface area contributed by atoms with E-state index in [0.717, 1.165) is 0 Å². The van der Waals surface area contributed by atoms with E-state index in [1.165, 1.54) is 0 Å². The van der Waals surface area contributed by atoms with Gasteiger partial charge in [0.2, 0.25) is 0 Å².